The normalized spacial score (nSPS) is 14.6. The second-order valence-electron chi connectivity index (χ2n) is 17.9. The van der Waals surface area contributed by atoms with Gasteiger partial charge in [-0.3, -0.25) is 0 Å². The Labute approximate surface area is 404 Å². The lowest BCUT2D eigenvalue weighted by atomic mass is 10.0. The van der Waals surface area contributed by atoms with E-state index in [0.29, 0.717) is 0 Å². The van der Waals surface area contributed by atoms with E-state index >= 15 is 0 Å². The number of aryl methyl sites for hydroxylation is 1. The molecule has 1 aliphatic heterocycles. The number of halogens is 4. The van der Waals surface area contributed by atoms with Crippen LogP contribution in [0.5, 0.6) is 11.5 Å². The number of anilines is 2. The molecule has 5 nitrogen and oxygen atoms in total. The van der Waals surface area contributed by atoms with Crippen LogP contribution >= 0.6 is 0 Å². The number of allylic oxidation sites excluding steroid dienone is 5. The maximum absolute atomic E-state index is 9.75. The molecule has 0 fully saturated rings. The number of nitrogens with zero attached hydrogens (tertiary/aromatic N) is 3. The minimum atomic E-state index is -6.00. The fraction of sp³-hybridized carbons (Fsp3) is 0.305. The highest BCUT2D eigenvalue weighted by atomic mass is 19.5. The molecule has 0 spiro atoms. The van der Waals surface area contributed by atoms with Gasteiger partial charge in [-0.2, -0.15) is 4.58 Å². The third-order valence-electron chi connectivity index (χ3n) is 13.1. The van der Waals surface area contributed by atoms with Gasteiger partial charge in [-0.25, -0.2) is 0 Å². The van der Waals surface area contributed by atoms with E-state index in [2.05, 4.69) is 187 Å². The second-order valence-corrected chi connectivity index (χ2v) is 17.9. The van der Waals surface area contributed by atoms with E-state index in [0.717, 1.165) is 113 Å². The van der Waals surface area contributed by atoms with Crippen molar-refractivity contribution in [3.8, 4) is 11.5 Å². The number of unbranched alkanes of at least 4 members (excludes halogenated alkanes) is 4. The molecule has 0 saturated carbocycles. The van der Waals surface area contributed by atoms with E-state index in [1.807, 2.05) is 0 Å². The molecular formula is C59H64BF4N3O2. The average molecular weight is 934 g/mol. The standard InChI is InChI=1S/C59H64N3O2.BF4/c1-5-9-39-60-51(47-25-19-27-49-55(63-41-11-7-3)37-35-53(60)57(47)49)33-31-43-29-30-44(59(43)62(45-21-15-13-16-22-45)46-23-17-14-18-24-46)32-34-52-48-26-20-28-50-56(64-42-12-8-4)38-36-54(58(48)50)61(52)40-10-6-2;2-1(3,4)5/h13-28,31-38H,5-12,29-30,39-42H2,1-4H3;/q+1;-1. The molecule has 358 valence electrons. The molecule has 2 heterocycles. The summed E-state index contributed by atoms with van der Waals surface area (Å²) < 4.78 is 56.9. The molecule has 0 N–H and O–H groups in total. The maximum Gasteiger partial charge on any atom is 0.673 e. The summed E-state index contributed by atoms with van der Waals surface area (Å²) in [5.41, 5.74) is 11.3. The molecule has 0 saturated heterocycles. The second kappa shape index (κ2) is 22.7. The van der Waals surface area contributed by atoms with Gasteiger partial charge in [-0.1, -0.05) is 132 Å². The van der Waals surface area contributed by atoms with Crippen LogP contribution in [0.3, 0.4) is 0 Å². The summed E-state index contributed by atoms with van der Waals surface area (Å²) in [6.45, 7) is 12.4. The van der Waals surface area contributed by atoms with Crippen molar-refractivity contribution in [2.75, 3.05) is 24.7 Å². The van der Waals surface area contributed by atoms with Crippen LogP contribution in [-0.4, -0.2) is 41.9 Å². The Kier molecular flexibility index (Phi) is 16.1. The van der Waals surface area contributed by atoms with Gasteiger partial charge in [-0.15, -0.1) is 0 Å². The van der Waals surface area contributed by atoms with Crippen LogP contribution in [0.25, 0.3) is 38.5 Å². The zero-order valence-corrected chi connectivity index (χ0v) is 40.5. The summed E-state index contributed by atoms with van der Waals surface area (Å²) in [6, 6.07) is 44.3. The van der Waals surface area contributed by atoms with E-state index in [4.69, 9.17) is 9.47 Å². The fourth-order valence-electron chi connectivity index (χ4n) is 9.77. The summed E-state index contributed by atoms with van der Waals surface area (Å²) in [6.07, 6.45) is 20.4. The van der Waals surface area contributed by atoms with Crippen LogP contribution in [0.2, 0.25) is 0 Å². The topological polar surface area (TPSA) is 29.6 Å². The van der Waals surface area contributed by atoms with Crippen LogP contribution in [0.4, 0.5) is 34.3 Å². The third-order valence-corrected chi connectivity index (χ3v) is 13.1. The van der Waals surface area contributed by atoms with E-state index in [9.17, 15) is 17.3 Å². The third kappa shape index (κ3) is 11.0. The highest BCUT2D eigenvalue weighted by Gasteiger charge is 2.32. The Hall–Kier alpha value is -6.55. The van der Waals surface area contributed by atoms with Crippen LogP contribution in [0, 0.1) is 0 Å². The first kappa shape index (κ1) is 48.9. The molecule has 10 heteroatoms. The summed E-state index contributed by atoms with van der Waals surface area (Å²) in [5.74, 6) is 1.97. The molecule has 0 amide bonds. The molecule has 1 aliphatic carbocycles. The van der Waals surface area contributed by atoms with E-state index in [1.165, 1.54) is 71.6 Å². The largest absolute Gasteiger partial charge is 0.673 e. The van der Waals surface area contributed by atoms with E-state index < -0.39 is 7.25 Å². The lowest BCUT2D eigenvalue weighted by molar-refractivity contribution is -0.436. The van der Waals surface area contributed by atoms with Gasteiger partial charge >= 0.3 is 7.25 Å². The van der Waals surface area contributed by atoms with E-state index in [-0.39, 0.29) is 0 Å². The molecule has 69 heavy (non-hydrogen) atoms. The van der Waals surface area contributed by atoms with Gasteiger partial charge in [0.2, 0.25) is 11.4 Å². The van der Waals surface area contributed by atoms with Gasteiger partial charge in [0.05, 0.1) is 29.9 Å². The molecule has 0 radical (unpaired) electrons. The highest BCUT2D eigenvalue weighted by Crippen LogP contribution is 2.44. The summed E-state index contributed by atoms with van der Waals surface area (Å²) >= 11 is 0. The predicted molar refractivity (Wildman–Crippen MR) is 281 cm³/mol. The van der Waals surface area contributed by atoms with Gasteiger partial charge in [-0.05, 0) is 97.9 Å². The molecule has 7 aromatic rings. The summed E-state index contributed by atoms with van der Waals surface area (Å²) in [5, 5.41) is 7.55. The SMILES string of the molecule is CCCCOc1ccc2c3c(cccc13)C(/C=C/C1=C(N(c3ccccc3)c3ccccc3)C(=C/C=c3\c4cccc5c(OCCCC)ccc(c54)n3CCCC)/CC1)=[N+]2CCCC.F[B-](F)(F)F. The first-order chi connectivity index (χ1) is 33.6. The summed E-state index contributed by atoms with van der Waals surface area (Å²) in [4.78, 5) is 2.49. The van der Waals surface area contributed by atoms with Gasteiger partial charge < -0.3 is 36.2 Å². The predicted octanol–water partition coefficient (Wildman–Crippen LogP) is 16.2. The molecule has 6 aromatic carbocycles. The lowest BCUT2D eigenvalue weighted by Gasteiger charge is -2.28. The van der Waals surface area contributed by atoms with Crippen molar-refractivity contribution in [2.45, 2.75) is 98.4 Å². The number of ether oxygens (including phenoxy) is 2. The van der Waals surface area contributed by atoms with Crippen molar-refractivity contribution in [2.24, 2.45) is 0 Å². The molecule has 0 unspecified atom stereocenters. The van der Waals surface area contributed by atoms with Crippen molar-refractivity contribution < 1.29 is 31.3 Å². The van der Waals surface area contributed by atoms with Crippen LogP contribution < -0.4 is 19.7 Å². The van der Waals surface area contributed by atoms with E-state index in [1.54, 1.807) is 0 Å². The van der Waals surface area contributed by atoms with Gasteiger partial charge in [0, 0.05) is 68.9 Å². The first-order valence-corrected chi connectivity index (χ1v) is 25.0. The number of benzene rings is 6. The smallest absolute Gasteiger partial charge is 0.493 e. The fourth-order valence-corrected chi connectivity index (χ4v) is 9.77. The minimum absolute atomic E-state index is 0.738. The van der Waals surface area contributed by atoms with Crippen LogP contribution in [0.1, 0.15) is 97.5 Å². The number of hydrogen-bond acceptors (Lipinski definition) is 3. The van der Waals surface area contributed by atoms with Gasteiger partial charge in [0.1, 0.15) is 18.0 Å². The van der Waals surface area contributed by atoms with Crippen LogP contribution in [-0.2, 0) is 6.54 Å². The number of para-hydroxylation sites is 2. The van der Waals surface area contributed by atoms with Crippen LogP contribution in [0.15, 0.2) is 156 Å². The van der Waals surface area contributed by atoms with Crippen molar-refractivity contribution >= 4 is 68.6 Å². The minimum Gasteiger partial charge on any atom is -0.493 e. The molecule has 2 aliphatic rings. The molecule has 0 atom stereocenters. The van der Waals surface area contributed by atoms with Gasteiger partial charge in [0.15, 0.2) is 0 Å². The van der Waals surface area contributed by atoms with Crippen molar-refractivity contribution in [3.05, 3.63) is 167 Å². The lowest BCUT2D eigenvalue weighted by Crippen LogP contribution is -2.18. The molecule has 1 aromatic heterocycles. The molecular weight excluding hydrogens is 869 g/mol. The zero-order chi connectivity index (χ0) is 48.3. The Morgan fingerprint density at radius 3 is 1.80 bits per heavy atom. The van der Waals surface area contributed by atoms with Crippen molar-refractivity contribution in [1.29, 1.82) is 0 Å². The number of hydrogen-bond donors (Lipinski definition) is 0. The quantitative estimate of drug-likeness (QED) is 0.0330. The van der Waals surface area contributed by atoms with Crippen molar-refractivity contribution in [3.63, 3.8) is 0 Å². The highest BCUT2D eigenvalue weighted by molar-refractivity contribution is 6.50. The first-order valence-electron chi connectivity index (χ1n) is 25.0. The molecule has 0 bridgehead atoms. The Morgan fingerprint density at radius 1 is 0.594 bits per heavy atom. The monoisotopic (exact) mass is 934 g/mol. The number of aromatic nitrogens is 1. The zero-order valence-electron chi connectivity index (χ0n) is 40.5. The Morgan fingerprint density at radius 2 is 1.17 bits per heavy atom. The Bertz CT molecular complexity index is 3020. The van der Waals surface area contributed by atoms with Gasteiger partial charge in [0.25, 0.3) is 0 Å². The summed E-state index contributed by atoms with van der Waals surface area (Å²) in [7, 11) is -6.00. The van der Waals surface area contributed by atoms with Crippen molar-refractivity contribution in [1.82, 2.24) is 4.57 Å². The maximum atomic E-state index is 9.75. The Balaban J connectivity index is 0.00000122. The average Bonchev–Trinajstić information content (AvgIpc) is 4.00. The number of rotatable bonds is 20. The molecule has 9 rings (SSSR count).